The quantitative estimate of drug-likeness (QED) is 0.182. The van der Waals surface area contributed by atoms with Gasteiger partial charge in [0.05, 0.1) is 35.0 Å². The summed E-state index contributed by atoms with van der Waals surface area (Å²) in [5.74, 6) is 0.231. The van der Waals surface area contributed by atoms with E-state index >= 15 is 0 Å². The van der Waals surface area contributed by atoms with Crippen LogP contribution in [-0.2, 0) is 15.8 Å². The number of thioether (sulfide) groups is 1. The first-order valence-electron chi connectivity index (χ1n) is 13.4. The highest BCUT2D eigenvalue weighted by atomic mass is 32.2. The SMILES string of the molecule is COc1ccc(-c2cc(-c3nnc(SCc4ccc(-c5ccccc5C#N)cc4)o3)nn2-c2ccc(S(N)(=O)=O)cc2)cc1F. The smallest absolute Gasteiger partial charge is 0.277 e. The highest BCUT2D eigenvalue weighted by Crippen LogP contribution is 2.33. The van der Waals surface area contributed by atoms with Gasteiger partial charge in [0.1, 0.15) is 0 Å². The topological polar surface area (TPSA) is 150 Å². The van der Waals surface area contributed by atoms with Crippen LogP contribution in [0.3, 0.4) is 0 Å². The molecule has 0 radical (unpaired) electrons. The summed E-state index contributed by atoms with van der Waals surface area (Å²) >= 11 is 1.35. The molecule has 0 amide bonds. The number of nitriles is 1. The lowest BCUT2D eigenvalue weighted by Crippen LogP contribution is -2.12. The molecule has 2 heterocycles. The van der Waals surface area contributed by atoms with E-state index < -0.39 is 15.8 Å². The van der Waals surface area contributed by atoms with Crippen LogP contribution in [0.5, 0.6) is 5.75 Å². The number of sulfonamides is 1. The molecule has 0 saturated carbocycles. The lowest BCUT2D eigenvalue weighted by molar-refractivity contribution is 0.386. The summed E-state index contributed by atoms with van der Waals surface area (Å²) in [4.78, 5) is -0.0594. The third kappa shape index (κ3) is 6.34. The van der Waals surface area contributed by atoms with Crippen LogP contribution in [0.2, 0.25) is 0 Å². The van der Waals surface area contributed by atoms with Crippen molar-refractivity contribution in [3.8, 4) is 51.5 Å². The monoisotopic (exact) mass is 638 g/mol. The number of ether oxygens (including phenoxy) is 1. The third-order valence-electron chi connectivity index (χ3n) is 6.87. The Kier molecular flexibility index (Phi) is 8.18. The zero-order valence-electron chi connectivity index (χ0n) is 23.6. The van der Waals surface area contributed by atoms with Crippen molar-refractivity contribution in [3.05, 3.63) is 114 Å². The second-order valence-corrected chi connectivity index (χ2v) is 12.2. The summed E-state index contributed by atoms with van der Waals surface area (Å²) in [6.45, 7) is 0. The summed E-state index contributed by atoms with van der Waals surface area (Å²) < 4.78 is 50.7. The molecule has 0 atom stereocenters. The maximum Gasteiger partial charge on any atom is 0.277 e. The van der Waals surface area contributed by atoms with Crippen LogP contribution < -0.4 is 9.88 Å². The van der Waals surface area contributed by atoms with Crippen molar-refractivity contribution in [1.82, 2.24) is 20.0 Å². The van der Waals surface area contributed by atoms with Gasteiger partial charge in [-0.15, -0.1) is 10.2 Å². The average Bonchev–Trinajstić information content (AvgIpc) is 3.72. The summed E-state index contributed by atoms with van der Waals surface area (Å²) in [7, 11) is -2.52. The molecule has 6 rings (SSSR count). The molecule has 6 aromatic rings. The van der Waals surface area contributed by atoms with Gasteiger partial charge < -0.3 is 9.15 Å². The molecular weight excluding hydrogens is 616 g/mol. The first kappa shape index (κ1) is 29.8. The van der Waals surface area contributed by atoms with E-state index in [4.69, 9.17) is 14.3 Å². The molecule has 13 heteroatoms. The zero-order valence-corrected chi connectivity index (χ0v) is 25.2. The van der Waals surface area contributed by atoms with E-state index in [-0.39, 0.29) is 16.5 Å². The lowest BCUT2D eigenvalue weighted by atomic mass is 10.00. The number of hydrogen-bond acceptors (Lipinski definition) is 9. The van der Waals surface area contributed by atoms with Gasteiger partial charge in [0.2, 0.25) is 10.0 Å². The van der Waals surface area contributed by atoms with Crippen LogP contribution >= 0.6 is 11.8 Å². The van der Waals surface area contributed by atoms with E-state index in [0.717, 1.165) is 16.7 Å². The summed E-state index contributed by atoms with van der Waals surface area (Å²) in [6, 6.07) is 29.5. The molecule has 0 fully saturated rings. The summed E-state index contributed by atoms with van der Waals surface area (Å²) in [5.41, 5.74) is 5.25. The van der Waals surface area contributed by atoms with Gasteiger partial charge >= 0.3 is 0 Å². The highest BCUT2D eigenvalue weighted by molar-refractivity contribution is 7.98. The fourth-order valence-corrected chi connectivity index (χ4v) is 5.85. The number of primary sulfonamides is 1. The Balaban J connectivity index is 1.26. The lowest BCUT2D eigenvalue weighted by Gasteiger charge is -2.09. The molecule has 45 heavy (non-hydrogen) atoms. The maximum atomic E-state index is 14.7. The highest BCUT2D eigenvalue weighted by Gasteiger charge is 2.20. The number of rotatable bonds is 9. The van der Waals surface area contributed by atoms with Crippen LogP contribution in [0.4, 0.5) is 4.39 Å². The van der Waals surface area contributed by atoms with E-state index in [1.165, 1.54) is 47.8 Å². The molecule has 10 nitrogen and oxygen atoms in total. The molecule has 0 spiro atoms. The third-order valence-corrected chi connectivity index (χ3v) is 8.69. The van der Waals surface area contributed by atoms with Crippen molar-refractivity contribution in [2.24, 2.45) is 5.14 Å². The molecule has 0 bridgehead atoms. The van der Waals surface area contributed by atoms with Crippen molar-refractivity contribution >= 4 is 21.8 Å². The molecule has 0 saturated heterocycles. The Morgan fingerprint density at radius 3 is 2.40 bits per heavy atom. The van der Waals surface area contributed by atoms with Crippen molar-refractivity contribution < 1.29 is 22.0 Å². The van der Waals surface area contributed by atoms with Crippen LogP contribution in [0.25, 0.3) is 39.7 Å². The van der Waals surface area contributed by atoms with E-state index in [1.807, 2.05) is 42.5 Å². The second kappa shape index (κ2) is 12.4. The minimum absolute atomic E-state index is 0.0594. The van der Waals surface area contributed by atoms with Gasteiger partial charge in [0.25, 0.3) is 11.1 Å². The largest absolute Gasteiger partial charge is 0.494 e. The van der Waals surface area contributed by atoms with Gasteiger partial charge in [-0.3, -0.25) is 0 Å². The van der Waals surface area contributed by atoms with Crippen LogP contribution in [0.15, 0.2) is 112 Å². The van der Waals surface area contributed by atoms with Crippen molar-refractivity contribution in [2.75, 3.05) is 7.11 Å². The Bertz CT molecular complexity index is 2160. The summed E-state index contributed by atoms with van der Waals surface area (Å²) in [5, 5.41) is 27.9. The minimum Gasteiger partial charge on any atom is -0.494 e. The Morgan fingerprint density at radius 1 is 0.978 bits per heavy atom. The Morgan fingerprint density at radius 2 is 1.71 bits per heavy atom. The predicted molar refractivity (Wildman–Crippen MR) is 166 cm³/mol. The van der Waals surface area contributed by atoms with E-state index in [0.29, 0.717) is 39.2 Å². The molecule has 224 valence electrons. The van der Waals surface area contributed by atoms with Gasteiger partial charge in [-0.25, -0.2) is 22.6 Å². The van der Waals surface area contributed by atoms with Crippen molar-refractivity contribution in [2.45, 2.75) is 15.9 Å². The van der Waals surface area contributed by atoms with E-state index in [2.05, 4.69) is 21.4 Å². The molecule has 0 aliphatic heterocycles. The molecule has 0 unspecified atom stereocenters. The van der Waals surface area contributed by atoms with E-state index in [1.54, 1.807) is 30.3 Å². The zero-order chi connectivity index (χ0) is 31.6. The average molecular weight is 639 g/mol. The molecule has 0 aliphatic rings. The summed E-state index contributed by atoms with van der Waals surface area (Å²) in [6.07, 6.45) is 0. The fourth-order valence-electron chi connectivity index (χ4n) is 4.62. The second-order valence-electron chi connectivity index (χ2n) is 9.73. The number of hydrogen-bond donors (Lipinski definition) is 1. The van der Waals surface area contributed by atoms with Gasteiger partial charge in [-0.2, -0.15) is 10.4 Å². The maximum absolute atomic E-state index is 14.7. The first-order valence-corrected chi connectivity index (χ1v) is 15.9. The normalized spacial score (nSPS) is 11.3. The van der Waals surface area contributed by atoms with Gasteiger partial charge in [0.15, 0.2) is 17.3 Å². The number of nitrogens with two attached hydrogens (primary N) is 1. The van der Waals surface area contributed by atoms with E-state index in [9.17, 15) is 18.1 Å². The molecule has 2 aromatic heterocycles. The minimum atomic E-state index is -3.90. The van der Waals surface area contributed by atoms with Gasteiger partial charge in [-0.05, 0) is 71.3 Å². The number of nitrogens with zero attached hydrogens (tertiary/aromatic N) is 5. The molecule has 0 aliphatic carbocycles. The van der Waals surface area contributed by atoms with Gasteiger partial charge in [0, 0.05) is 11.3 Å². The van der Waals surface area contributed by atoms with Crippen LogP contribution in [0.1, 0.15) is 11.1 Å². The van der Waals surface area contributed by atoms with Crippen molar-refractivity contribution in [1.29, 1.82) is 5.26 Å². The van der Waals surface area contributed by atoms with Crippen molar-refractivity contribution in [3.63, 3.8) is 0 Å². The molecule has 4 aromatic carbocycles. The fraction of sp³-hybridized carbons (Fsp3) is 0.0625. The Hall–Kier alpha value is -5.29. The standard InChI is InChI=1S/C32H23FN6O4S2/c1-42-30-15-10-22(16-27(30)33)29-17-28(38-39(29)24-11-13-25(14-12-24)45(35,40)41)31-36-37-32(43-31)44-19-20-6-8-21(9-7-20)26-5-3-2-4-23(26)18-34/h2-17H,19H2,1H3,(H2,35,40,41). The number of halogens is 1. The Labute approximate surface area is 262 Å². The first-order chi connectivity index (χ1) is 21.7. The van der Waals surface area contributed by atoms with Crippen LogP contribution in [0, 0.1) is 17.1 Å². The van der Waals surface area contributed by atoms with Gasteiger partial charge in [-0.1, -0.05) is 54.2 Å². The predicted octanol–water partition coefficient (Wildman–Crippen LogP) is 6.22. The van der Waals surface area contributed by atoms with Crippen LogP contribution in [-0.4, -0.2) is 35.5 Å². The molecule has 2 N–H and O–H groups in total. The number of aromatic nitrogens is 4. The number of benzene rings is 4. The number of methoxy groups -OCH3 is 1. The molecular formula is C32H23FN6O4S2.